The maximum absolute atomic E-state index is 5.59. The van der Waals surface area contributed by atoms with Crippen LogP contribution in [-0.4, -0.2) is 15.1 Å². The van der Waals surface area contributed by atoms with Gasteiger partial charge in [-0.15, -0.1) is 22.7 Å². The Kier molecular flexibility index (Phi) is 3.41. The maximum atomic E-state index is 5.59. The molecule has 0 aromatic carbocycles. The predicted octanol–water partition coefficient (Wildman–Crippen LogP) is 2.61. The Bertz CT molecular complexity index is 672. The van der Waals surface area contributed by atoms with Crippen LogP contribution >= 0.6 is 22.7 Å². The van der Waals surface area contributed by atoms with Gasteiger partial charge in [0, 0.05) is 17.8 Å². The lowest BCUT2D eigenvalue weighted by Gasteiger charge is -1.88. The van der Waals surface area contributed by atoms with Crippen LogP contribution in [0.1, 0.15) is 21.4 Å². The molecule has 98 valence electrons. The first kappa shape index (κ1) is 12.5. The summed E-state index contributed by atoms with van der Waals surface area (Å²) in [6, 6.07) is 4.08. The van der Waals surface area contributed by atoms with Crippen molar-refractivity contribution in [1.82, 2.24) is 15.1 Å². The normalized spacial score (nSPS) is 11.1. The molecule has 7 heteroatoms. The van der Waals surface area contributed by atoms with E-state index in [0.29, 0.717) is 24.7 Å². The zero-order valence-electron chi connectivity index (χ0n) is 10.3. The van der Waals surface area contributed by atoms with E-state index in [4.69, 9.17) is 10.3 Å². The molecule has 2 N–H and O–H groups in total. The van der Waals surface area contributed by atoms with E-state index in [1.54, 1.807) is 11.3 Å². The van der Waals surface area contributed by atoms with Crippen molar-refractivity contribution in [2.45, 2.75) is 19.9 Å². The average Bonchev–Trinajstić information content (AvgIpc) is 3.10. The highest BCUT2D eigenvalue weighted by Gasteiger charge is 2.16. The largest absolute Gasteiger partial charge is 0.333 e. The Balaban J connectivity index is 1.86. The van der Waals surface area contributed by atoms with Crippen molar-refractivity contribution >= 4 is 22.7 Å². The summed E-state index contributed by atoms with van der Waals surface area (Å²) in [5, 5.41) is 6.93. The number of aryl methyl sites for hydroxylation is 1. The molecule has 0 aliphatic carbocycles. The molecule has 0 saturated heterocycles. The Labute approximate surface area is 118 Å². The maximum Gasteiger partial charge on any atom is 0.269 e. The molecule has 0 spiro atoms. The number of nitrogens with two attached hydrogens (primary N) is 1. The Hall–Kier alpha value is -1.57. The van der Waals surface area contributed by atoms with E-state index >= 15 is 0 Å². The third-order valence-electron chi connectivity index (χ3n) is 2.59. The van der Waals surface area contributed by atoms with Crippen LogP contribution in [0.5, 0.6) is 0 Å². The van der Waals surface area contributed by atoms with Gasteiger partial charge in [-0.25, -0.2) is 4.98 Å². The van der Waals surface area contributed by atoms with Crippen molar-refractivity contribution < 1.29 is 4.52 Å². The fourth-order valence-corrected chi connectivity index (χ4v) is 3.29. The summed E-state index contributed by atoms with van der Waals surface area (Å²) in [5.41, 5.74) is 6.47. The summed E-state index contributed by atoms with van der Waals surface area (Å²) in [4.78, 5) is 10.9. The number of thiazole rings is 1. The van der Waals surface area contributed by atoms with Crippen LogP contribution in [0, 0.1) is 6.92 Å². The first-order valence-corrected chi connectivity index (χ1v) is 7.47. The first-order chi connectivity index (χ1) is 9.26. The number of nitrogens with zero attached hydrogens (tertiary/aromatic N) is 3. The molecule has 0 saturated carbocycles. The van der Waals surface area contributed by atoms with Gasteiger partial charge in [0.2, 0.25) is 0 Å². The molecule has 0 amide bonds. The highest BCUT2D eigenvalue weighted by molar-refractivity contribution is 7.15. The lowest BCUT2D eigenvalue weighted by molar-refractivity contribution is 0.424. The van der Waals surface area contributed by atoms with E-state index in [1.807, 2.05) is 18.4 Å². The van der Waals surface area contributed by atoms with E-state index in [1.165, 1.54) is 16.2 Å². The fourth-order valence-electron chi connectivity index (χ4n) is 1.73. The van der Waals surface area contributed by atoms with Crippen molar-refractivity contribution in [1.29, 1.82) is 0 Å². The van der Waals surface area contributed by atoms with E-state index in [0.717, 1.165) is 15.6 Å². The van der Waals surface area contributed by atoms with Gasteiger partial charge in [-0.3, -0.25) is 0 Å². The van der Waals surface area contributed by atoms with Gasteiger partial charge < -0.3 is 10.3 Å². The topological polar surface area (TPSA) is 77.8 Å². The molecule has 3 heterocycles. The second-order valence-corrected chi connectivity index (χ2v) is 6.11. The number of hydrogen-bond donors (Lipinski definition) is 1. The molecular formula is C12H12N4OS2. The molecule has 3 rings (SSSR count). The molecule has 0 bridgehead atoms. The Morgan fingerprint density at radius 3 is 2.95 bits per heavy atom. The van der Waals surface area contributed by atoms with E-state index < -0.39 is 0 Å². The monoisotopic (exact) mass is 292 g/mol. The van der Waals surface area contributed by atoms with Crippen LogP contribution in [0.2, 0.25) is 0 Å². The second kappa shape index (κ2) is 5.20. The molecule has 0 unspecified atom stereocenters. The minimum atomic E-state index is 0.432. The molecule has 0 aliphatic rings. The zero-order chi connectivity index (χ0) is 13.2. The lowest BCUT2D eigenvalue weighted by atomic mass is 10.3. The molecule has 0 fully saturated rings. The van der Waals surface area contributed by atoms with Gasteiger partial charge in [-0.1, -0.05) is 11.2 Å². The summed E-state index contributed by atoms with van der Waals surface area (Å²) in [7, 11) is 0. The summed E-state index contributed by atoms with van der Waals surface area (Å²) >= 11 is 3.19. The van der Waals surface area contributed by atoms with Crippen molar-refractivity contribution in [3.05, 3.63) is 38.9 Å². The van der Waals surface area contributed by atoms with Crippen LogP contribution in [0.25, 0.3) is 10.8 Å². The fraction of sp³-hybridized carbons (Fsp3) is 0.250. The molecule has 0 aliphatic heterocycles. The minimum absolute atomic E-state index is 0.432. The lowest BCUT2D eigenvalue weighted by Crippen LogP contribution is -1.94. The average molecular weight is 292 g/mol. The quantitative estimate of drug-likeness (QED) is 0.799. The van der Waals surface area contributed by atoms with Crippen LogP contribution in [0.15, 0.2) is 22.0 Å². The van der Waals surface area contributed by atoms with Gasteiger partial charge in [0.25, 0.3) is 5.89 Å². The molecule has 19 heavy (non-hydrogen) atoms. The highest BCUT2D eigenvalue weighted by atomic mass is 32.1. The summed E-state index contributed by atoms with van der Waals surface area (Å²) in [6.07, 6.45) is 0.697. The van der Waals surface area contributed by atoms with Crippen LogP contribution < -0.4 is 5.73 Å². The van der Waals surface area contributed by atoms with Gasteiger partial charge in [0.05, 0.1) is 5.69 Å². The standard InChI is InChI=1S/C12H12N4OS2/c1-7-11(19-10(6-13)14-7)12-15-9(16-17-12)5-8-3-2-4-18-8/h2-4H,5-6,13H2,1H3. The van der Waals surface area contributed by atoms with Crippen LogP contribution in [0.3, 0.4) is 0 Å². The van der Waals surface area contributed by atoms with Crippen molar-refractivity contribution in [2.75, 3.05) is 0 Å². The Morgan fingerprint density at radius 2 is 2.26 bits per heavy atom. The Morgan fingerprint density at radius 1 is 1.37 bits per heavy atom. The third kappa shape index (κ3) is 2.58. The SMILES string of the molecule is Cc1nc(CN)sc1-c1nc(Cc2cccs2)no1. The van der Waals surface area contributed by atoms with Crippen LogP contribution in [0.4, 0.5) is 0 Å². The summed E-state index contributed by atoms with van der Waals surface area (Å²) < 4.78 is 5.31. The smallest absolute Gasteiger partial charge is 0.269 e. The molecule has 3 aromatic heterocycles. The predicted molar refractivity (Wildman–Crippen MR) is 75.2 cm³/mol. The zero-order valence-corrected chi connectivity index (χ0v) is 11.9. The van der Waals surface area contributed by atoms with E-state index in [-0.39, 0.29) is 0 Å². The van der Waals surface area contributed by atoms with Gasteiger partial charge in [0.15, 0.2) is 5.82 Å². The van der Waals surface area contributed by atoms with Crippen molar-refractivity contribution in [3.8, 4) is 10.8 Å². The number of hydrogen-bond acceptors (Lipinski definition) is 7. The van der Waals surface area contributed by atoms with E-state index in [2.05, 4.69) is 21.2 Å². The van der Waals surface area contributed by atoms with Gasteiger partial charge >= 0.3 is 0 Å². The molecular weight excluding hydrogens is 280 g/mol. The number of aromatic nitrogens is 3. The molecule has 3 aromatic rings. The van der Waals surface area contributed by atoms with Gasteiger partial charge in [0.1, 0.15) is 9.88 Å². The minimum Gasteiger partial charge on any atom is -0.333 e. The second-order valence-electron chi connectivity index (χ2n) is 4.00. The molecule has 5 nitrogen and oxygen atoms in total. The van der Waals surface area contributed by atoms with Crippen LogP contribution in [-0.2, 0) is 13.0 Å². The number of thiophene rings is 1. The van der Waals surface area contributed by atoms with Gasteiger partial charge in [-0.2, -0.15) is 4.98 Å². The van der Waals surface area contributed by atoms with E-state index in [9.17, 15) is 0 Å². The molecule has 0 radical (unpaired) electrons. The molecule has 0 atom stereocenters. The van der Waals surface area contributed by atoms with Gasteiger partial charge in [-0.05, 0) is 18.4 Å². The summed E-state index contributed by atoms with van der Waals surface area (Å²) in [6.45, 7) is 2.36. The number of rotatable bonds is 4. The highest BCUT2D eigenvalue weighted by Crippen LogP contribution is 2.28. The summed E-state index contributed by atoms with van der Waals surface area (Å²) in [5.74, 6) is 1.22. The first-order valence-electron chi connectivity index (χ1n) is 5.78. The van der Waals surface area contributed by atoms with Crippen molar-refractivity contribution in [3.63, 3.8) is 0 Å². The third-order valence-corrected chi connectivity index (χ3v) is 4.63. The van der Waals surface area contributed by atoms with Crippen molar-refractivity contribution in [2.24, 2.45) is 5.73 Å².